The van der Waals surface area contributed by atoms with Crippen LogP contribution in [0, 0.1) is 6.92 Å². The molecule has 11 heteroatoms. The number of aryl methyl sites for hydroxylation is 2. The lowest BCUT2D eigenvalue weighted by Gasteiger charge is -2.14. The van der Waals surface area contributed by atoms with Crippen LogP contribution in [0.2, 0.25) is 0 Å². The van der Waals surface area contributed by atoms with Crippen molar-refractivity contribution in [2.45, 2.75) is 18.2 Å². The molecule has 0 aliphatic heterocycles. The summed E-state index contributed by atoms with van der Waals surface area (Å²) < 4.78 is 70.0. The second kappa shape index (κ2) is 6.16. The molecule has 2 heterocycles. The van der Waals surface area contributed by atoms with Gasteiger partial charge in [-0.3, -0.25) is 9.40 Å². The van der Waals surface area contributed by atoms with Gasteiger partial charge in [0.2, 0.25) is 0 Å². The molecule has 0 atom stereocenters. The van der Waals surface area contributed by atoms with Crippen LogP contribution in [-0.4, -0.2) is 29.5 Å². The van der Waals surface area contributed by atoms with E-state index in [4.69, 9.17) is 0 Å². The van der Waals surface area contributed by atoms with E-state index >= 15 is 0 Å². The highest BCUT2D eigenvalue weighted by Gasteiger charge is 2.32. The summed E-state index contributed by atoms with van der Waals surface area (Å²) in [6.45, 7) is 1.69. The molecular weight excluding hydrogens is 373 g/mol. The average Bonchev–Trinajstić information content (AvgIpc) is 2.82. The zero-order chi connectivity index (χ0) is 19.1. The quantitative estimate of drug-likeness (QED) is 0.745. The van der Waals surface area contributed by atoms with Gasteiger partial charge in [0.15, 0.2) is 11.4 Å². The Labute approximate surface area is 146 Å². The van der Waals surface area contributed by atoms with E-state index in [1.54, 1.807) is 14.0 Å². The molecule has 0 saturated carbocycles. The molecular formula is C15H13F3N4O3S. The number of pyridine rings is 1. The predicted molar refractivity (Wildman–Crippen MR) is 87.2 cm³/mol. The van der Waals surface area contributed by atoms with Crippen molar-refractivity contribution in [3.8, 4) is 5.75 Å². The first-order valence-electron chi connectivity index (χ1n) is 7.24. The molecule has 0 fully saturated rings. The van der Waals surface area contributed by atoms with E-state index < -0.39 is 22.1 Å². The van der Waals surface area contributed by atoms with E-state index in [0.717, 1.165) is 12.3 Å². The number of para-hydroxylation sites is 2. The summed E-state index contributed by atoms with van der Waals surface area (Å²) in [7, 11) is -2.52. The van der Waals surface area contributed by atoms with Gasteiger partial charge in [-0.1, -0.05) is 12.1 Å². The molecule has 0 spiro atoms. The monoisotopic (exact) mass is 386 g/mol. The fourth-order valence-electron chi connectivity index (χ4n) is 2.40. The van der Waals surface area contributed by atoms with Crippen molar-refractivity contribution in [2.24, 2.45) is 7.05 Å². The van der Waals surface area contributed by atoms with Crippen molar-refractivity contribution in [3.63, 3.8) is 0 Å². The normalized spacial score (nSPS) is 12.3. The Kier molecular flexibility index (Phi) is 4.26. The van der Waals surface area contributed by atoms with E-state index in [2.05, 4.69) is 19.5 Å². The minimum absolute atomic E-state index is 0.206. The van der Waals surface area contributed by atoms with Crippen LogP contribution in [0.5, 0.6) is 5.75 Å². The van der Waals surface area contributed by atoms with Gasteiger partial charge in [-0.15, -0.1) is 13.2 Å². The maximum atomic E-state index is 12.6. The zero-order valence-corrected chi connectivity index (χ0v) is 14.4. The van der Waals surface area contributed by atoms with Crippen molar-refractivity contribution in [1.29, 1.82) is 0 Å². The van der Waals surface area contributed by atoms with E-state index in [-0.39, 0.29) is 10.6 Å². The maximum Gasteiger partial charge on any atom is 0.573 e. The van der Waals surface area contributed by atoms with Crippen LogP contribution in [0.3, 0.4) is 0 Å². The number of sulfonamides is 1. The number of halogens is 3. The van der Waals surface area contributed by atoms with Gasteiger partial charge in [0.25, 0.3) is 10.0 Å². The Balaban J connectivity index is 1.99. The molecule has 0 amide bonds. The predicted octanol–water partition coefficient (Wildman–Crippen LogP) is 2.98. The summed E-state index contributed by atoms with van der Waals surface area (Å²) in [6, 6.07) is 6.22. The zero-order valence-electron chi connectivity index (χ0n) is 13.6. The van der Waals surface area contributed by atoms with Crippen molar-refractivity contribution < 1.29 is 26.3 Å². The summed E-state index contributed by atoms with van der Waals surface area (Å²) in [5.74, 6) is -0.657. The van der Waals surface area contributed by atoms with Gasteiger partial charge in [0, 0.05) is 18.6 Å². The number of nitrogens with zero attached hydrogens (tertiary/aromatic N) is 3. The number of anilines is 1. The minimum atomic E-state index is -4.95. The topological polar surface area (TPSA) is 86.1 Å². The first kappa shape index (κ1) is 18.0. The second-order valence-corrected chi connectivity index (χ2v) is 7.08. The number of hydrogen-bond acceptors (Lipinski definition) is 5. The smallest absolute Gasteiger partial charge is 0.404 e. The maximum absolute atomic E-state index is 12.6. The third kappa shape index (κ3) is 3.57. The molecule has 1 N–H and O–H groups in total. The first-order chi connectivity index (χ1) is 12.1. The van der Waals surface area contributed by atoms with Crippen LogP contribution in [0.25, 0.3) is 11.0 Å². The fourth-order valence-corrected chi connectivity index (χ4v) is 3.44. The van der Waals surface area contributed by atoms with Crippen LogP contribution in [-0.2, 0) is 17.1 Å². The molecule has 7 nitrogen and oxygen atoms in total. The third-order valence-electron chi connectivity index (χ3n) is 3.51. The molecule has 0 saturated heterocycles. The van der Waals surface area contributed by atoms with E-state index in [0.29, 0.717) is 16.7 Å². The molecule has 0 bridgehead atoms. The van der Waals surface area contributed by atoms with Crippen LogP contribution in [0.1, 0.15) is 5.69 Å². The molecule has 2 aromatic heterocycles. The third-order valence-corrected chi connectivity index (χ3v) is 4.84. The summed E-state index contributed by atoms with van der Waals surface area (Å²) in [4.78, 5) is 3.86. The standard InChI is InChI=1S/C15H13F3N4O3S/c1-9-11-7-10(8-19-14(11)22(2)20-9)26(23,24)21-12-5-3-4-6-13(12)25-15(16,17)18/h3-8,21H,1-2H3. The summed E-state index contributed by atoms with van der Waals surface area (Å²) in [5, 5.41) is 4.67. The van der Waals surface area contributed by atoms with Crippen molar-refractivity contribution >= 4 is 26.7 Å². The second-order valence-electron chi connectivity index (χ2n) is 5.40. The highest BCUT2D eigenvalue weighted by Crippen LogP contribution is 2.31. The number of rotatable bonds is 4. The van der Waals surface area contributed by atoms with Gasteiger partial charge in [0.1, 0.15) is 4.90 Å². The van der Waals surface area contributed by atoms with Crippen LogP contribution in [0.4, 0.5) is 18.9 Å². The summed E-state index contributed by atoms with van der Waals surface area (Å²) >= 11 is 0. The molecule has 0 aliphatic rings. The molecule has 3 rings (SSSR count). The number of hydrogen-bond donors (Lipinski definition) is 1. The Morgan fingerprint density at radius 1 is 1.23 bits per heavy atom. The highest BCUT2D eigenvalue weighted by atomic mass is 32.2. The number of benzene rings is 1. The fraction of sp³-hybridized carbons (Fsp3) is 0.200. The van der Waals surface area contributed by atoms with Crippen molar-refractivity contribution in [3.05, 3.63) is 42.2 Å². The van der Waals surface area contributed by atoms with E-state index in [9.17, 15) is 21.6 Å². The molecule has 1 aromatic carbocycles. The van der Waals surface area contributed by atoms with Crippen LogP contribution in [0.15, 0.2) is 41.4 Å². The van der Waals surface area contributed by atoms with Crippen LogP contribution >= 0.6 is 0 Å². The number of ether oxygens (including phenoxy) is 1. The average molecular weight is 386 g/mol. The van der Waals surface area contributed by atoms with Gasteiger partial charge in [0.05, 0.1) is 11.4 Å². The highest BCUT2D eigenvalue weighted by molar-refractivity contribution is 7.92. The molecule has 0 radical (unpaired) electrons. The lowest BCUT2D eigenvalue weighted by Crippen LogP contribution is -2.20. The Bertz CT molecular complexity index is 1080. The first-order valence-corrected chi connectivity index (χ1v) is 8.72. The molecule has 3 aromatic rings. The Morgan fingerprint density at radius 3 is 2.62 bits per heavy atom. The van der Waals surface area contributed by atoms with E-state index in [1.165, 1.54) is 28.9 Å². The largest absolute Gasteiger partial charge is 0.573 e. The van der Waals surface area contributed by atoms with Gasteiger partial charge in [-0.2, -0.15) is 5.10 Å². The Morgan fingerprint density at radius 2 is 1.92 bits per heavy atom. The van der Waals surface area contributed by atoms with E-state index in [1.807, 2.05) is 0 Å². The molecule has 138 valence electrons. The molecule has 26 heavy (non-hydrogen) atoms. The van der Waals surface area contributed by atoms with Crippen LogP contribution < -0.4 is 9.46 Å². The summed E-state index contributed by atoms with van der Waals surface area (Å²) in [5.41, 5.74) is 0.725. The molecule has 0 unspecified atom stereocenters. The van der Waals surface area contributed by atoms with Crippen molar-refractivity contribution in [1.82, 2.24) is 14.8 Å². The lowest BCUT2D eigenvalue weighted by atomic mass is 10.3. The van der Waals surface area contributed by atoms with Gasteiger partial charge in [-0.25, -0.2) is 13.4 Å². The SMILES string of the molecule is Cc1nn(C)c2ncc(S(=O)(=O)Nc3ccccc3OC(F)(F)F)cc12. The number of fused-ring (bicyclic) bond motifs is 1. The van der Waals surface area contributed by atoms with Gasteiger partial charge < -0.3 is 4.74 Å². The number of alkyl halides is 3. The Hall–Kier alpha value is -2.82. The summed E-state index contributed by atoms with van der Waals surface area (Å²) in [6.07, 6.45) is -3.84. The minimum Gasteiger partial charge on any atom is -0.404 e. The van der Waals surface area contributed by atoms with Crippen molar-refractivity contribution in [2.75, 3.05) is 4.72 Å². The lowest BCUT2D eigenvalue weighted by molar-refractivity contribution is -0.274. The van der Waals surface area contributed by atoms with Gasteiger partial charge >= 0.3 is 6.36 Å². The number of aromatic nitrogens is 3. The molecule has 0 aliphatic carbocycles. The number of nitrogens with one attached hydrogen (secondary N) is 1. The van der Waals surface area contributed by atoms with Gasteiger partial charge in [-0.05, 0) is 25.1 Å².